The van der Waals surface area contributed by atoms with Crippen LogP contribution in [0.15, 0.2) is 22.6 Å². The fourth-order valence-electron chi connectivity index (χ4n) is 2.91. The third-order valence-corrected chi connectivity index (χ3v) is 4.21. The molecule has 0 amide bonds. The van der Waals surface area contributed by atoms with E-state index in [1.165, 1.54) is 36.6 Å². The van der Waals surface area contributed by atoms with Crippen molar-refractivity contribution < 1.29 is 9.15 Å². The lowest BCUT2D eigenvalue weighted by molar-refractivity contribution is 0.337. The first kappa shape index (κ1) is 12.3. The maximum atomic E-state index is 6.17. The third-order valence-electron chi connectivity index (χ3n) is 4.21. The molecule has 2 fully saturated rings. The lowest BCUT2D eigenvalue weighted by Crippen LogP contribution is -2.15. The van der Waals surface area contributed by atoms with Crippen molar-refractivity contribution in [1.82, 2.24) is 5.32 Å². The van der Waals surface area contributed by atoms with Gasteiger partial charge in [-0.15, -0.1) is 0 Å². The average Bonchev–Trinajstić information content (AvgIpc) is 3.36. The molecule has 3 nitrogen and oxygen atoms in total. The predicted molar refractivity (Wildman–Crippen MR) is 79.2 cm³/mol. The zero-order valence-electron chi connectivity index (χ0n) is 11.9. The summed E-state index contributed by atoms with van der Waals surface area (Å²) in [6.45, 7) is 3.55. The maximum absolute atomic E-state index is 6.17. The molecular formula is C17H21NO2. The minimum absolute atomic E-state index is 0.675. The minimum Gasteiger partial charge on any atom is -0.490 e. The molecule has 1 N–H and O–H groups in total. The van der Waals surface area contributed by atoms with Gasteiger partial charge >= 0.3 is 0 Å². The largest absolute Gasteiger partial charge is 0.490 e. The lowest BCUT2D eigenvalue weighted by atomic mass is 10.1. The van der Waals surface area contributed by atoms with Crippen LogP contribution in [0.4, 0.5) is 0 Å². The fourth-order valence-corrected chi connectivity index (χ4v) is 2.91. The van der Waals surface area contributed by atoms with Gasteiger partial charge in [0, 0.05) is 17.0 Å². The molecule has 20 heavy (non-hydrogen) atoms. The number of para-hydroxylation sites is 1. The van der Waals surface area contributed by atoms with Gasteiger partial charge in [-0.1, -0.05) is 12.1 Å². The van der Waals surface area contributed by atoms with Crippen molar-refractivity contribution in [3.05, 3.63) is 29.5 Å². The summed E-state index contributed by atoms with van der Waals surface area (Å²) in [7, 11) is 0. The van der Waals surface area contributed by atoms with Crippen LogP contribution in [0.1, 0.15) is 49.8 Å². The molecule has 2 aromatic rings. The van der Waals surface area contributed by atoms with Crippen LogP contribution in [0.25, 0.3) is 11.0 Å². The molecule has 0 aliphatic heterocycles. The Kier molecular flexibility index (Phi) is 2.95. The first-order valence-electron chi connectivity index (χ1n) is 7.77. The van der Waals surface area contributed by atoms with Crippen LogP contribution >= 0.6 is 0 Å². The Morgan fingerprint density at radius 3 is 2.80 bits per heavy atom. The van der Waals surface area contributed by atoms with E-state index in [0.717, 1.165) is 23.6 Å². The van der Waals surface area contributed by atoms with Crippen LogP contribution in [0.3, 0.4) is 0 Å². The molecule has 106 valence electrons. The van der Waals surface area contributed by atoms with Gasteiger partial charge < -0.3 is 14.5 Å². The number of fused-ring (bicyclic) bond motifs is 1. The molecule has 0 bridgehead atoms. The smallest absolute Gasteiger partial charge is 0.176 e. The number of hydrogen-bond donors (Lipinski definition) is 1. The van der Waals surface area contributed by atoms with E-state index in [9.17, 15) is 0 Å². The predicted octanol–water partition coefficient (Wildman–Crippen LogP) is 3.96. The lowest BCUT2D eigenvalue weighted by Gasteiger charge is -2.02. The Balaban J connectivity index is 1.75. The summed E-state index contributed by atoms with van der Waals surface area (Å²) in [5.41, 5.74) is 2.36. The molecule has 0 saturated heterocycles. The van der Waals surface area contributed by atoms with Crippen LogP contribution in [-0.4, -0.2) is 12.6 Å². The van der Waals surface area contributed by atoms with Crippen molar-refractivity contribution in [2.75, 3.05) is 6.61 Å². The van der Waals surface area contributed by atoms with Crippen molar-refractivity contribution in [2.45, 2.75) is 51.1 Å². The van der Waals surface area contributed by atoms with Gasteiger partial charge in [0.1, 0.15) is 5.76 Å². The van der Waals surface area contributed by atoms with E-state index < -0.39 is 0 Å². The summed E-state index contributed by atoms with van der Waals surface area (Å²) in [6.07, 6.45) is 5.21. The molecule has 0 atom stereocenters. The molecular weight excluding hydrogens is 250 g/mol. The topological polar surface area (TPSA) is 34.4 Å². The van der Waals surface area contributed by atoms with Crippen molar-refractivity contribution in [1.29, 1.82) is 0 Å². The average molecular weight is 271 g/mol. The molecule has 0 radical (unpaired) electrons. The molecule has 4 rings (SSSR count). The highest BCUT2D eigenvalue weighted by Crippen LogP contribution is 2.47. The second-order valence-electron chi connectivity index (χ2n) is 5.93. The van der Waals surface area contributed by atoms with Gasteiger partial charge in [0.2, 0.25) is 0 Å². The Morgan fingerprint density at radius 2 is 2.10 bits per heavy atom. The van der Waals surface area contributed by atoms with Crippen LogP contribution in [0, 0.1) is 0 Å². The van der Waals surface area contributed by atoms with Crippen LogP contribution in [0.2, 0.25) is 0 Å². The Bertz CT molecular complexity index is 623. The molecule has 2 aliphatic carbocycles. The molecule has 0 unspecified atom stereocenters. The molecule has 1 aromatic heterocycles. The first-order chi connectivity index (χ1) is 9.86. The Labute approximate surface area is 119 Å². The van der Waals surface area contributed by atoms with E-state index in [1.807, 2.05) is 13.0 Å². The molecule has 1 aromatic carbocycles. The monoisotopic (exact) mass is 271 g/mol. The minimum atomic E-state index is 0.675. The second-order valence-corrected chi connectivity index (χ2v) is 5.93. The van der Waals surface area contributed by atoms with Gasteiger partial charge in [-0.3, -0.25) is 0 Å². The second kappa shape index (κ2) is 4.81. The third kappa shape index (κ3) is 2.20. The highest BCUT2D eigenvalue weighted by molar-refractivity contribution is 5.88. The van der Waals surface area contributed by atoms with E-state index in [4.69, 9.17) is 9.15 Å². The summed E-state index contributed by atoms with van der Waals surface area (Å²) in [6, 6.07) is 6.97. The fraction of sp³-hybridized carbons (Fsp3) is 0.529. The normalized spacial score (nSPS) is 18.6. The maximum Gasteiger partial charge on any atom is 0.176 e. The van der Waals surface area contributed by atoms with Gasteiger partial charge in [-0.25, -0.2) is 0 Å². The van der Waals surface area contributed by atoms with E-state index in [0.29, 0.717) is 18.6 Å². The number of benzene rings is 1. The number of nitrogens with one attached hydrogen (secondary N) is 1. The van der Waals surface area contributed by atoms with Crippen LogP contribution in [-0.2, 0) is 6.54 Å². The van der Waals surface area contributed by atoms with Gasteiger partial charge in [0.05, 0.1) is 13.2 Å². The zero-order chi connectivity index (χ0) is 13.5. The van der Waals surface area contributed by atoms with Gasteiger partial charge in [-0.2, -0.15) is 0 Å². The quantitative estimate of drug-likeness (QED) is 0.863. The van der Waals surface area contributed by atoms with Gasteiger partial charge in [0.25, 0.3) is 0 Å². The molecule has 2 aliphatic rings. The van der Waals surface area contributed by atoms with E-state index in [1.54, 1.807) is 0 Å². The van der Waals surface area contributed by atoms with Gasteiger partial charge in [-0.05, 0) is 44.6 Å². The van der Waals surface area contributed by atoms with Crippen molar-refractivity contribution in [2.24, 2.45) is 0 Å². The summed E-state index contributed by atoms with van der Waals surface area (Å²) in [5.74, 6) is 2.70. The van der Waals surface area contributed by atoms with E-state index in [2.05, 4.69) is 17.4 Å². The van der Waals surface area contributed by atoms with Crippen LogP contribution in [0.5, 0.6) is 5.75 Å². The molecule has 2 saturated carbocycles. The van der Waals surface area contributed by atoms with Gasteiger partial charge in [0.15, 0.2) is 11.3 Å². The standard InChI is InChI=1S/C17H21NO2/c1-2-19-14-5-3-4-13-16(11-6-7-11)15(20-17(13)14)10-18-12-8-9-12/h3-5,11-12,18H,2,6-10H2,1H3. The summed E-state index contributed by atoms with van der Waals surface area (Å²) >= 11 is 0. The first-order valence-corrected chi connectivity index (χ1v) is 7.77. The summed E-state index contributed by atoms with van der Waals surface area (Å²) in [5, 5.41) is 4.83. The SMILES string of the molecule is CCOc1cccc2c(C3CC3)c(CNC3CC3)oc12. The molecule has 1 heterocycles. The number of furan rings is 1. The zero-order valence-corrected chi connectivity index (χ0v) is 11.9. The van der Waals surface area contributed by atoms with Crippen LogP contribution < -0.4 is 10.1 Å². The van der Waals surface area contributed by atoms with Crippen molar-refractivity contribution in [3.8, 4) is 5.75 Å². The highest BCUT2D eigenvalue weighted by Gasteiger charge is 2.32. The summed E-state index contributed by atoms with van der Waals surface area (Å²) in [4.78, 5) is 0. The number of rotatable bonds is 6. The molecule has 0 spiro atoms. The summed E-state index contributed by atoms with van der Waals surface area (Å²) < 4.78 is 11.9. The Morgan fingerprint density at radius 1 is 1.25 bits per heavy atom. The van der Waals surface area contributed by atoms with E-state index in [-0.39, 0.29) is 0 Å². The highest BCUT2D eigenvalue weighted by atomic mass is 16.5. The molecule has 3 heteroatoms. The van der Waals surface area contributed by atoms with E-state index >= 15 is 0 Å². The Hall–Kier alpha value is -1.48. The van der Waals surface area contributed by atoms with Crippen molar-refractivity contribution in [3.63, 3.8) is 0 Å². The number of ether oxygens (including phenoxy) is 1. The van der Waals surface area contributed by atoms with Crippen molar-refractivity contribution >= 4 is 11.0 Å². The number of hydrogen-bond acceptors (Lipinski definition) is 3.